The Labute approximate surface area is 270 Å². The molecule has 0 fully saturated rings. The van der Waals surface area contributed by atoms with Crippen molar-refractivity contribution in [3.63, 3.8) is 0 Å². The van der Waals surface area contributed by atoms with Gasteiger partial charge in [0.1, 0.15) is 6.61 Å². The van der Waals surface area contributed by atoms with Crippen LogP contribution in [-0.2, 0) is 19.1 Å². The summed E-state index contributed by atoms with van der Waals surface area (Å²) in [6, 6.07) is 0. The van der Waals surface area contributed by atoms with Gasteiger partial charge in [0.25, 0.3) is 0 Å². The van der Waals surface area contributed by atoms with Gasteiger partial charge in [0.15, 0.2) is 6.10 Å². The van der Waals surface area contributed by atoms with Crippen LogP contribution in [0.3, 0.4) is 0 Å². The molecule has 0 radical (unpaired) electrons. The number of allylic oxidation sites excluding steroid dienone is 7. The maximum atomic E-state index is 12.1. The monoisotopic (exact) mass is 618 g/mol. The molecule has 44 heavy (non-hydrogen) atoms. The van der Waals surface area contributed by atoms with Crippen LogP contribution in [0.4, 0.5) is 0 Å². The van der Waals surface area contributed by atoms with Crippen molar-refractivity contribution in [2.24, 2.45) is 5.92 Å². The average molecular weight is 619 g/mol. The van der Waals surface area contributed by atoms with E-state index in [2.05, 4.69) is 51.2 Å². The summed E-state index contributed by atoms with van der Waals surface area (Å²) >= 11 is 0. The first-order valence-corrected chi connectivity index (χ1v) is 17.7. The number of esters is 2. The Morgan fingerprint density at radius 2 is 1.27 bits per heavy atom. The molecule has 0 aliphatic rings. The molecule has 2 atom stereocenters. The fraction of sp³-hybridized carbons (Fsp3) is 0.737. The number of aliphatic hydroxyl groups is 2. The quantitative estimate of drug-likeness (QED) is 0.0360. The van der Waals surface area contributed by atoms with Gasteiger partial charge in [-0.15, -0.1) is 0 Å². The van der Waals surface area contributed by atoms with Gasteiger partial charge in [-0.2, -0.15) is 0 Å². The second kappa shape index (κ2) is 32.2. The molecular weight excluding hydrogens is 552 g/mol. The molecule has 0 aliphatic heterocycles. The maximum absolute atomic E-state index is 12.1. The molecule has 0 heterocycles. The van der Waals surface area contributed by atoms with E-state index in [1.54, 1.807) is 0 Å². The number of hydrogen-bond acceptors (Lipinski definition) is 6. The molecule has 0 saturated heterocycles. The predicted molar refractivity (Wildman–Crippen MR) is 183 cm³/mol. The summed E-state index contributed by atoms with van der Waals surface area (Å²) in [6.45, 7) is 6.26. The van der Waals surface area contributed by atoms with Gasteiger partial charge < -0.3 is 19.7 Å². The van der Waals surface area contributed by atoms with Crippen molar-refractivity contribution >= 4 is 11.9 Å². The Hall–Kier alpha value is -2.18. The summed E-state index contributed by atoms with van der Waals surface area (Å²) in [7, 11) is 0. The average Bonchev–Trinajstić information content (AvgIpc) is 3.00. The lowest BCUT2D eigenvalue weighted by Crippen LogP contribution is -2.28. The Balaban J connectivity index is 3.76. The van der Waals surface area contributed by atoms with Gasteiger partial charge in [-0.1, -0.05) is 146 Å². The van der Waals surface area contributed by atoms with Crippen LogP contribution in [0.25, 0.3) is 0 Å². The van der Waals surface area contributed by atoms with Crippen LogP contribution in [0.5, 0.6) is 0 Å². The standard InChI is InChI=1S/C38H66O6/c1-4-5-22-28-35(40)29-24-19-15-11-7-6-8-12-17-21-26-31-38(42)44-36(32-39)33-43-37(41)30-25-20-16-13-9-10-14-18-23-27-34(2)3/h6-7,12,15,17,19,24,29,34-36,39-40H,4-5,8-11,13-14,16,18,20-23,25-28,30-33H2,1-3H3/b7-6-,17-12-,19-15-,29-24+/t35-,36-/m0/s1. The second-order valence-corrected chi connectivity index (χ2v) is 12.3. The minimum atomic E-state index is -0.812. The molecule has 0 aliphatic carbocycles. The van der Waals surface area contributed by atoms with Crippen molar-refractivity contribution in [2.75, 3.05) is 13.2 Å². The lowest BCUT2D eigenvalue weighted by molar-refractivity contribution is -0.161. The van der Waals surface area contributed by atoms with Crippen LogP contribution >= 0.6 is 0 Å². The van der Waals surface area contributed by atoms with Gasteiger partial charge >= 0.3 is 11.9 Å². The lowest BCUT2D eigenvalue weighted by Gasteiger charge is -2.15. The topological polar surface area (TPSA) is 93.1 Å². The van der Waals surface area contributed by atoms with E-state index < -0.39 is 6.10 Å². The molecule has 0 unspecified atom stereocenters. The van der Waals surface area contributed by atoms with Crippen LogP contribution in [0, 0.1) is 5.92 Å². The van der Waals surface area contributed by atoms with E-state index in [0.29, 0.717) is 12.8 Å². The zero-order chi connectivity index (χ0) is 32.5. The van der Waals surface area contributed by atoms with Crippen LogP contribution in [0.1, 0.15) is 149 Å². The summed E-state index contributed by atoms with van der Waals surface area (Å²) in [4.78, 5) is 24.1. The minimum absolute atomic E-state index is 0.101. The number of hydrogen-bond donors (Lipinski definition) is 2. The summed E-state index contributed by atoms with van der Waals surface area (Å²) < 4.78 is 10.5. The minimum Gasteiger partial charge on any atom is -0.462 e. The number of unbranched alkanes of at least 4 members (excludes halogenated alkanes) is 11. The molecule has 0 saturated carbocycles. The van der Waals surface area contributed by atoms with E-state index in [1.807, 2.05) is 18.2 Å². The Kier molecular flexibility index (Phi) is 30.6. The van der Waals surface area contributed by atoms with E-state index >= 15 is 0 Å². The molecule has 6 heteroatoms. The van der Waals surface area contributed by atoms with Gasteiger partial charge in [0, 0.05) is 12.8 Å². The van der Waals surface area contributed by atoms with Gasteiger partial charge in [0.2, 0.25) is 0 Å². The molecule has 0 aromatic rings. The Morgan fingerprint density at radius 3 is 1.93 bits per heavy atom. The van der Waals surface area contributed by atoms with E-state index in [-0.39, 0.29) is 37.7 Å². The van der Waals surface area contributed by atoms with E-state index in [4.69, 9.17) is 9.47 Å². The fourth-order valence-corrected chi connectivity index (χ4v) is 4.66. The number of rotatable bonds is 30. The predicted octanol–water partition coefficient (Wildman–Crippen LogP) is 9.50. The fourth-order valence-electron chi connectivity index (χ4n) is 4.66. The van der Waals surface area contributed by atoms with Gasteiger partial charge in [-0.3, -0.25) is 9.59 Å². The Morgan fingerprint density at radius 1 is 0.682 bits per heavy atom. The first kappa shape index (κ1) is 41.8. The van der Waals surface area contributed by atoms with Gasteiger partial charge in [-0.05, 0) is 44.4 Å². The van der Waals surface area contributed by atoms with Crippen molar-refractivity contribution in [3.05, 3.63) is 48.6 Å². The highest BCUT2D eigenvalue weighted by Gasteiger charge is 2.15. The molecule has 6 nitrogen and oxygen atoms in total. The van der Waals surface area contributed by atoms with Crippen molar-refractivity contribution in [1.29, 1.82) is 0 Å². The summed E-state index contributed by atoms with van der Waals surface area (Å²) in [6.07, 6.45) is 35.0. The van der Waals surface area contributed by atoms with Crippen LogP contribution in [0.15, 0.2) is 48.6 Å². The van der Waals surface area contributed by atoms with Crippen molar-refractivity contribution in [2.45, 2.75) is 161 Å². The molecule has 0 amide bonds. The van der Waals surface area contributed by atoms with E-state index in [9.17, 15) is 19.8 Å². The third-order valence-electron chi connectivity index (χ3n) is 7.41. The normalized spacial score (nSPS) is 13.6. The summed E-state index contributed by atoms with van der Waals surface area (Å²) in [5, 5.41) is 19.3. The Bertz CT molecular complexity index is 782. The van der Waals surface area contributed by atoms with Crippen LogP contribution in [-0.4, -0.2) is 47.6 Å². The van der Waals surface area contributed by atoms with Crippen molar-refractivity contribution in [3.8, 4) is 0 Å². The molecular formula is C38H66O6. The highest BCUT2D eigenvalue weighted by atomic mass is 16.6. The first-order valence-electron chi connectivity index (χ1n) is 17.7. The third kappa shape index (κ3) is 31.3. The van der Waals surface area contributed by atoms with E-state index in [1.165, 1.54) is 51.4 Å². The second-order valence-electron chi connectivity index (χ2n) is 12.3. The first-order chi connectivity index (χ1) is 21.4. The molecule has 0 spiro atoms. The lowest BCUT2D eigenvalue weighted by atomic mass is 10.0. The smallest absolute Gasteiger partial charge is 0.306 e. The van der Waals surface area contributed by atoms with Crippen molar-refractivity contribution < 1.29 is 29.3 Å². The van der Waals surface area contributed by atoms with Gasteiger partial charge in [-0.25, -0.2) is 0 Å². The van der Waals surface area contributed by atoms with Gasteiger partial charge in [0.05, 0.1) is 12.7 Å². The number of ether oxygens (including phenoxy) is 2. The molecule has 0 aromatic carbocycles. The molecule has 254 valence electrons. The summed E-state index contributed by atoms with van der Waals surface area (Å²) in [5.74, 6) is 0.121. The number of carbonyl (C=O) groups excluding carboxylic acids is 2. The third-order valence-corrected chi connectivity index (χ3v) is 7.41. The van der Waals surface area contributed by atoms with Crippen molar-refractivity contribution in [1.82, 2.24) is 0 Å². The molecule has 2 N–H and O–H groups in total. The highest BCUT2D eigenvalue weighted by Crippen LogP contribution is 2.14. The number of carbonyl (C=O) groups is 2. The molecule has 0 bridgehead atoms. The SMILES string of the molecule is CCCCC[C@H](O)/C=C/C=C\C/C=C\C/C=C\CCCC(=O)O[C@@H](CO)COC(=O)CCCCCCCCCCCC(C)C. The zero-order valence-electron chi connectivity index (χ0n) is 28.4. The molecule has 0 rings (SSSR count). The van der Waals surface area contributed by atoms with Crippen LogP contribution in [0.2, 0.25) is 0 Å². The molecule has 0 aromatic heterocycles. The summed E-state index contributed by atoms with van der Waals surface area (Å²) in [5.41, 5.74) is 0. The number of aliphatic hydroxyl groups excluding tert-OH is 2. The van der Waals surface area contributed by atoms with Crippen LogP contribution < -0.4 is 0 Å². The highest BCUT2D eigenvalue weighted by molar-refractivity contribution is 5.70. The largest absolute Gasteiger partial charge is 0.462 e. The van der Waals surface area contributed by atoms with E-state index in [0.717, 1.165) is 63.7 Å². The maximum Gasteiger partial charge on any atom is 0.306 e. The zero-order valence-corrected chi connectivity index (χ0v) is 28.4.